The Hall–Kier alpha value is -2.57. The number of aryl methyl sites for hydroxylation is 1. The summed E-state index contributed by atoms with van der Waals surface area (Å²) in [7, 11) is 4.89. The normalized spacial score (nSPS) is 10.0. The van der Waals surface area contributed by atoms with E-state index in [-0.39, 0.29) is 6.01 Å². The van der Waals surface area contributed by atoms with Gasteiger partial charge in [0.25, 0.3) is 0 Å². The molecular weight excluding hydrogens is 258 g/mol. The molecule has 2 rings (SSSR count). The van der Waals surface area contributed by atoms with Crippen LogP contribution in [0.15, 0.2) is 18.2 Å². The van der Waals surface area contributed by atoms with Gasteiger partial charge in [-0.25, -0.2) is 0 Å². The maximum atomic E-state index is 5.22. The van der Waals surface area contributed by atoms with Crippen LogP contribution >= 0.6 is 0 Å². The standard InChI is InChI=1S/C13H17N5O2/c1-8-7-9(5-6-10(8)19-3)15-12-16-11(14-2)17-13(18-12)20-4/h5-7H,1-4H3,(H2,14,15,16,17,18). The average Bonchev–Trinajstić information content (AvgIpc) is 2.47. The number of rotatable bonds is 5. The molecule has 0 spiro atoms. The van der Waals surface area contributed by atoms with Crippen molar-refractivity contribution in [1.29, 1.82) is 0 Å². The molecule has 0 amide bonds. The van der Waals surface area contributed by atoms with E-state index in [2.05, 4.69) is 25.6 Å². The van der Waals surface area contributed by atoms with Gasteiger partial charge in [0.05, 0.1) is 14.2 Å². The lowest BCUT2D eigenvalue weighted by molar-refractivity contribution is 0.379. The first-order chi connectivity index (χ1) is 9.66. The van der Waals surface area contributed by atoms with Gasteiger partial charge in [-0.05, 0) is 30.7 Å². The van der Waals surface area contributed by atoms with Crippen molar-refractivity contribution in [2.45, 2.75) is 6.92 Å². The molecule has 0 aliphatic carbocycles. The molecule has 1 heterocycles. The van der Waals surface area contributed by atoms with Gasteiger partial charge in [-0.2, -0.15) is 15.0 Å². The molecule has 0 atom stereocenters. The van der Waals surface area contributed by atoms with Crippen LogP contribution in [0, 0.1) is 6.92 Å². The van der Waals surface area contributed by atoms with Crippen LogP contribution in [0.5, 0.6) is 11.8 Å². The molecule has 1 aromatic carbocycles. The van der Waals surface area contributed by atoms with Crippen LogP contribution in [-0.4, -0.2) is 36.2 Å². The van der Waals surface area contributed by atoms with Crippen molar-refractivity contribution in [2.75, 3.05) is 31.9 Å². The van der Waals surface area contributed by atoms with Crippen LogP contribution in [-0.2, 0) is 0 Å². The zero-order valence-electron chi connectivity index (χ0n) is 11.9. The second-order valence-electron chi connectivity index (χ2n) is 4.03. The summed E-state index contributed by atoms with van der Waals surface area (Å²) in [6, 6.07) is 5.97. The minimum atomic E-state index is 0.247. The van der Waals surface area contributed by atoms with Crippen LogP contribution in [0.25, 0.3) is 0 Å². The molecule has 0 bridgehead atoms. The first-order valence-electron chi connectivity index (χ1n) is 6.05. The highest BCUT2D eigenvalue weighted by Gasteiger charge is 2.07. The quantitative estimate of drug-likeness (QED) is 0.863. The number of hydrogen-bond acceptors (Lipinski definition) is 7. The molecule has 0 aliphatic heterocycles. The lowest BCUT2D eigenvalue weighted by atomic mass is 10.2. The number of nitrogens with zero attached hydrogens (tertiary/aromatic N) is 3. The molecule has 20 heavy (non-hydrogen) atoms. The lowest BCUT2D eigenvalue weighted by Gasteiger charge is -2.10. The Morgan fingerprint density at radius 1 is 1.00 bits per heavy atom. The Kier molecular flexibility index (Phi) is 4.19. The molecule has 0 aliphatic rings. The van der Waals surface area contributed by atoms with E-state index in [1.165, 1.54) is 7.11 Å². The molecule has 0 saturated carbocycles. The Morgan fingerprint density at radius 3 is 2.35 bits per heavy atom. The second kappa shape index (κ2) is 6.05. The van der Waals surface area contributed by atoms with E-state index in [0.29, 0.717) is 11.9 Å². The number of hydrogen-bond donors (Lipinski definition) is 2. The number of methoxy groups -OCH3 is 2. The Labute approximate surface area is 117 Å². The van der Waals surface area contributed by atoms with Gasteiger partial charge in [-0.3, -0.25) is 0 Å². The molecular formula is C13H17N5O2. The predicted octanol–water partition coefficient (Wildman–Crippen LogP) is 1.98. The Bertz CT molecular complexity index is 581. The van der Waals surface area contributed by atoms with E-state index in [9.17, 15) is 0 Å². The first-order valence-corrected chi connectivity index (χ1v) is 6.05. The number of ether oxygens (including phenoxy) is 2. The zero-order valence-corrected chi connectivity index (χ0v) is 11.9. The van der Waals surface area contributed by atoms with Crippen molar-refractivity contribution in [3.05, 3.63) is 23.8 Å². The maximum Gasteiger partial charge on any atom is 0.322 e. The highest BCUT2D eigenvalue weighted by Crippen LogP contribution is 2.23. The van der Waals surface area contributed by atoms with E-state index in [1.54, 1.807) is 14.2 Å². The first kappa shape index (κ1) is 13.9. The molecule has 7 heteroatoms. The summed E-state index contributed by atoms with van der Waals surface area (Å²) in [6.45, 7) is 1.97. The van der Waals surface area contributed by atoms with Gasteiger partial charge < -0.3 is 20.1 Å². The molecule has 106 valence electrons. The zero-order chi connectivity index (χ0) is 14.5. The number of aromatic nitrogens is 3. The summed E-state index contributed by atoms with van der Waals surface area (Å²) in [4.78, 5) is 12.4. The summed E-state index contributed by atoms with van der Waals surface area (Å²) >= 11 is 0. The highest BCUT2D eigenvalue weighted by atomic mass is 16.5. The Balaban J connectivity index is 2.27. The Morgan fingerprint density at radius 2 is 1.75 bits per heavy atom. The second-order valence-corrected chi connectivity index (χ2v) is 4.03. The summed E-state index contributed by atoms with van der Waals surface area (Å²) in [5, 5.41) is 5.96. The van der Waals surface area contributed by atoms with E-state index in [0.717, 1.165) is 17.0 Å². The minimum Gasteiger partial charge on any atom is -0.496 e. The van der Waals surface area contributed by atoms with E-state index < -0.39 is 0 Å². The van der Waals surface area contributed by atoms with E-state index in [4.69, 9.17) is 9.47 Å². The molecule has 1 aromatic heterocycles. The largest absolute Gasteiger partial charge is 0.496 e. The van der Waals surface area contributed by atoms with Crippen LogP contribution in [0.3, 0.4) is 0 Å². The summed E-state index contributed by atoms with van der Waals surface area (Å²) in [5.41, 5.74) is 1.88. The third-order valence-corrected chi connectivity index (χ3v) is 2.67. The van der Waals surface area contributed by atoms with Gasteiger partial charge >= 0.3 is 6.01 Å². The van der Waals surface area contributed by atoms with Crippen molar-refractivity contribution in [2.24, 2.45) is 0 Å². The summed E-state index contributed by atoms with van der Waals surface area (Å²) in [5.74, 6) is 1.68. The van der Waals surface area contributed by atoms with Crippen molar-refractivity contribution in [1.82, 2.24) is 15.0 Å². The van der Waals surface area contributed by atoms with Crippen molar-refractivity contribution < 1.29 is 9.47 Å². The van der Waals surface area contributed by atoms with Crippen LogP contribution in [0.2, 0.25) is 0 Å². The third kappa shape index (κ3) is 3.05. The van der Waals surface area contributed by atoms with Gasteiger partial charge in [-0.1, -0.05) is 0 Å². The molecule has 0 saturated heterocycles. The van der Waals surface area contributed by atoms with Crippen LogP contribution in [0.1, 0.15) is 5.56 Å². The molecule has 2 N–H and O–H groups in total. The summed E-state index contributed by atoms with van der Waals surface area (Å²) in [6.07, 6.45) is 0. The fourth-order valence-corrected chi connectivity index (χ4v) is 1.70. The molecule has 0 unspecified atom stereocenters. The van der Waals surface area contributed by atoms with Gasteiger partial charge in [0.1, 0.15) is 5.75 Å². The van der Waals surface area contributed by atoms with Crippen molar-refractivity contribution in [3.63, 3.8) is 0 Å². The van der Waals surface area contributed by atoms with E-state index in [1.807, 2.05) is 25.1 Å². The molecule has 2 aromatic rings. The van der Waals surface area contributed by atoms with Crippen molar-refractivity contribution in [3.8, 4) is 11.8 Å². The van der Waals surface area contributed by atoms with E-state index >= 15 is 0 Å². The smallest absolute Gasteiger partial charge is 0.322 e. The minimum absolute atomic E-state index is 0.247. The SMILES string of the molecule is CNc1nc(Nc2ccc(OC)c(C)c2)nc(OC)n1. The predicted molar refractivity (Wildman–Crippen MR) is 76.9 cm³/mol. The molecule has 7 nitrogen and oxygen atoms in total. The maximum absolute atomic E-state index is 5.22. The average molecular weight is 275 g/mol. The number of nitrogens with one attached hydrogen (secondary N) is 2. The topological polar surface area (TPSA) is 81.2 Å². The van der Waals surface area contributed by atoms with Gasteiger partial charge in [0, 0.05) is 12.7 Å². The van der Waals surface area contributed by atoms with Gasteiger partial charge in [0.2, 0.25) is 11.9 Å². The van der Waals surface area contributed by atoms with Crippen molar-refractivity contribution >= 4 is 17.6 Å². The van der Waals surface area contributed by atoms with Gasteiger partial charge in [-0.15, -0.1) is 0 Å². The molecule has 0 radical (unpaired) electrons. The fourth-order valence-electron chi connectivity index (χ4n) is 1.70. The highest BCUT2D eigenvalue weighted by molar-refractivity contribution is 5.57. The monoisotopic (exact) mass is 275 g/mol. The number of benzene rings is 1. The van der Waals surface area contributed by atoms with Crippen LogP contribution in [0.4, 0.5) is 17.6 Å². The fraction of sp³-hybridized carbons (Fsp3) is 0.308. The summed E-state index contributed by atoms with van der Waals surface area (Å²) < 4.78 is 10.3. The van der Waals surface area contributed by atoms with Gasteiger partial charge in [0.15, 0.2) is 0 Å². The lowest BCUT2D eigenvalue weighted by Crippen LogP contribution is -2.05. The molecule has 0 fully saturated rings. The third-order valence-electron chi connectivity index (χ3n) is 2.67. The van der Waals surface area contributed by atoms with Crippen LogP contribution < -0.4 is 20.1 Å². The number of anilines is 3.